The molecule has 1 saturated carbocycles. The van der Waals surface area contributed by atoms with Crippen LogP contribution >= 0.6 is 0 Å². The molecule has 2 rings (SSSR count). The van der Waals surface area contributed by atoms with Crippen molar-refractivity contribution in [2.75, 3.05) is 27.2 Å². The Labute approximate surface area is 105 Å². The topological polar surface area (TPSA) is 23.6 Å². The molecular formula is C14H26N2O. The fourth-order valence-corrected chi connectivity index (χ4v) is 3.28. The van der Waals surface area contributed by atoms with Crippen LogP contribution in [0.15, 0.2) is 0 Å². The van der Waals surface area contributed by atoms with Gasteiger partial charge in [0.15, 0.2) is 0 Å². The first-order chi connectivity index (χ1) is 8.18. The Morgan fingerprint density at radius 2 is 2.06 bits per heavy atom. The van der Waals surface area contributed by atoms with Gasteiger partial charge in [0.1, 0.15) is 5.78 Å². The largest absolute Gasteiger partial charge is 0.302 e. The van der Waals surface area contributed by atoms with E-state index in [2.05, 4.69) is 23.9 Å². The summed E-state index contributed by atoms with van der Waals surface area (Å²) in [6.07, 6.45) is 8.05. The maximum absolute atomic E-state index is 12.1. The second-order valence-electron chi connectivity index (χ2n) is 5.80. The van der Waals surface area contributed by atoms with Crippen LogP contribution in [0, 0.1) is 0 Å². The van der Waals surface area contributed by atoms with E-state index in [0.29, 0.717) is 11.8 Å². The van der Waals surface area contributed by atoms with E-state index in [1.807, 2.05) is 0 Å². The SMILES string of the molecule is CN1CCCC1CN(C)C1CCCCCC1=O. The summed E-state index contributed by atoms with van der Waals surface area (Å²) in [5, 5.41) is 0. The number of nitrogens with zero attached hydrogens (tertiary/aromatic N) is 2. The predicted octanol–water partition coefficient (Wildman–Crippen LogP) is 1.91. The minimum atomic E-state index is 0.200. The van der Waals surface area contributed by atoms with Crippen molar-refractivity contribution < 1.29 is 4.79 Å². The van der Waals surface area contributed by atoms with E-state index >= 15 is 0 Å². The zero-order chi connectivity index (χ0) is 12.3. The number of carbonyl (C=O) groups is 1. The smallest absolute Gasteiger partial charge is 0.149 e. The van der Waals surface area contributed by atoms with Crippen LogP contribution in [-0.2, 0) is 4.79 Å². The quantitative estimate of drug-likeness (QED) is 0.702. The first-order valence-electron chi connectivity index (χ1n) is 7.11. The molecule has 2 fully saturated rings. The van der Waals surface area contributed by atoms with Crippen molar-refractivity contribution in [2.24, 2.45) is 0 Å². The fourth-order valence-electron chi connectivity index (χ4n) is 3.28. The van der Waals surface area contributed by atoms with Gasteiger partial charge in [-0.2, -0.15) is 0 Å². The number of ketones is 1. The van der Waals surface area contributed by atoms with E-state index in [1.165, 1.54) is 32.2 Å². The molecule has 2 unspecified atom stereocenters. The van der Waals surface area contributed by atoms with Crippen LogP contribution < -0.4 is 0 Å². The van der Waals surface area contributed by atoms with Crippen LogP contribution in [-0.4, -0.2) is 54.9 Å². The normalized spacial score (nSPS) is 32.1. The number of hydrogen-bond acceptors (Lipinski definition) is 3. The third-order valence-electron chi connectivity index (χ3n) is 4.47. The Morgan fingerprint density at radius 3 is 2.76 bits per heavy atom. The molecule has 1 saturated heterocycles. The lowest BCUT2D eigenvalue weighted by molar-refractivity contribution is -0.123. The number of rotatable bonds is 3. The van der Waals surface area contributed by atoms with E-state index in [0.717, 1.165) is 25.8 Å². The molecule has 2 atom stereocenters. The maximum Gasteiger partial charge on any atom is 0.149 e. The average Bonchev–Trinajstić information content (AvgIpc) is 2.57. The highest BCUT2D eigenvalue weighted by Crippen LogP contribution is 2.21. The van der Waals surface area contributed by atoms with E-state index in [-0.39, 0.29) is 6.04 Å². The van der Waals surface area contributed by atoms with Crippen molar-refractivity contribution >= 4 is 5.78 Å². The monoisotopic (exact) mass is 238 g/mol. The lowest BCUT2D eigenvalue weighted by atomic mass is 10.1. The molecule has 0 bridgehead atoms. The van der Waals surface area contributed by atoms with Gasteiger partial charge in [-0.15, -0.1) is 0 Å². The number of likely N-dealkylation sites (N-methyl/N-ethyl adjacent to an activating group) is 2. The molecule has 2 aliphatic rings. The van der Waals surface area contributed by atoms with Crippen LogP contribution in [0.2, 0.25) is 0 Å². The van der Waals surface area contributed by atoms with Crippen molar-refractivity contribution in [2.45, 2.75) is 57.0 Å². The first-order valence-corrected chi connectivity index (χ1v) is 7.11. The average molecular weight is 238 g/mol. The second kappa shape index (κ2) is 5.96. The molecule has 1 heterocycles. The molecule has 0 N–H and O–H groups in total. The van der Waals surface area contributed by atoms with E-state index in [4.69, 9.17) is 0 Å². The van der Waals surface area contributed by atoms with Crippen molar-refractivity contribution in [3.05, 3.63) is 0 Å². The van der Waals surface area contributed by atoms with Gasteiger partial charge in [0, 0.05) is 19.0 Å². The number of carbonyl (C=O) groups excluding carboxylic acids is 1. The first kappa shape index (κ1) is 13.0. The van der Waals surface area contributed by atoms with E-state index in [1.54, 1.807) is 0 Å². The lowest BCUT2D eigenvalue weighted by Gasteiger charge is -2.30. The van der Waals surface area contributed by atoms with Crippen molar-refractivity contribution in [3.63, 3.8) is 0 Å². The molecular weight excluding hydrogens is 212 g/mol. The highest BCUT2D eigenvalue weighted by atomic mass is 16.1. The van der Waals surface area contributed by atoms with Crippen LogP contribution in [0.1, 0.15) is 44.9 Å². The number of hydrogen-bond donors (Lipinski definition) is 0. The highest BCUT2D eigenvalue weighted by molar-refractivity contribution is 5.84. The van der Waals surface area contributed by atoms with Gasteiger partial charge in [0.25, 0.3) is 0 Å². The zero-order valence-electron chi connectivity index (χ0n) is 11.3. The van der Waals surface area contributed by atoms with Crippen LogP contribution in [0.5, 0.6) is 0 Å². The van der Waals surface area contributed by atoms with Gasteiger partial charge in [-0.25, -0.2) is 0 Å². The second-order valence-corrected chi connectivity index (χ2v) is 5.80. The van der Waals surface area contributed by atoms with Gasteiger partial charge < -0.3 is 4.90 Å². The minimum absolute atomic E-state index is 0.200. The molecule has 0 aromatic rings. The molecule has 0 aromatic carbocycles. The highest BCUT2D eigenvalue weighted by Gasteiger charge is 2.28. The summed E-state index contributed by atoms with van der Waals surface area (Å²) in [7, 11) is 4.35. The molecule has 0 aromatic heterocycles. The van der Waals surface area contributed by atoms with Gasteiger partial charge in [-0.3, -0.25) is 9.69 Å². The molecule has 3 nitrogen and oxygen atoms in total. The third kappa shape index (κ3) is 3.29. The summed E-state index contributed by atoms with van der Waals surface area (Å²) in [6.45, 7) is 2.28. The summed E-state index contributed by atoms with van der Waals surface area (Å²) in [4.78, 5) is 16.8. The van der Waals surface area contributed by atoms with E-state index < -0.39 is 0 Å². The Morgan fingerprint density at radius 1 is 1.24 bits per heavy atom. The van der Waals surface area contributed by atoms with Crippen LogP contribution in [0.25, 0.3) is 0 Å². The van der Waals surface area contributed by atoms with Gasteiger partial charge in [0.05, 0.1) is 6.04 Å². The Hall–Kier alpha value is -0.410. The van der Waals surface area contributed by atoms with Crippen molar-refractivity contribution in [1.82, 2.24) is 9.80 Å². The summed E-state index contributed by atoms with van der Waals surface area (Å²) in [5.74, 6) is 0.477. The molecule has 3 heteroatoms. The summed E-state index contributed by atoms with van der Waals surface area (Å²) in [5.41, 5.74) is 0. The summed E-state index contributed by atoms with van der Waals surface area (Å²) in [6, 6.07) is 0.863. The molecule has 0 radical (unpaired) electrons. The minimum Gasteiger partial charge on any atom is -0.302 e. The standard InChI is InChI=1S/C14H26N2O/c1-15-10-6-7-12(15)11-16(2)13-8-4-3-5-9-14(13)17/h12-13H,3-11H2,1-2H3. The molecule has 1 aliphatic heterocycles. The number of likely N-dealkylation sites (tertiary alicyclic amines) is 1. The molecule has 0 spiro atoms. The lowest BCUT2D eigenvalue weighted by Crippen LogP contribution is -2.44. The van der Waals surface area contributed by atoms with E-state index in [9.17, 15) is 4.79 Å². The Bertz CT molecular complexity index is 267. The molecule has 98 valence electrons. The van der Waals surface area contributed by atoms with Crippen molar-refractivity contribution in [3.8, 4) is 0 Å². The number of Topliss-reactive ketones (excluding diaryl/α,β-unsaturated/α-hetero) is 1. The molecule has 17 heavy (non-hydrogen) atoms. The molecule has 0 amide bonds. The molecule has 1 aliphatic carbocycles. The van der Waals surface area contributed by atoms with Gasteiger partial charge in [-0.05, 0) is 46.3 Å². The zero-order valence-corrected chi connectivity index (χ0v) is 11.3. The van der Waals surface area contributed by atoms with Crippen LogP contribution in [0.3, 0.4) is 0 Å². The summed E-state index contributed by atoms with van der Waals surface area (Å²) >= 11 is 0. The van der Waals surface area contributed by atoms with Gasteiger partial charge in [0.2, 0.25) is 0 Å². The van der Waals surface area contributed by atoms with Gasteiger partial charge in [-0.1, -0.05) is 12.8 Å². The summed E-state index contributed by atoms with van der Waals surface area (Å²) < 4.78 is 0. The Balaban J connectivity index is 1.89. The maximum atomic E-state index is 12.1. The Kier molecular flexibility index (Phi) is 4.57. The predicted molar refractivity (Wildman–Crippen MR) is 70.2 cm³/mol. The van der Waals surface area contributed by atoms with Crippen molar-refractivity contribution in [1.29, 1.82) is 0 Å². The van der Waals surface area contributed by atoms with Gasteiger partial charge >= 0.3 is 0 Å². The van der Waals surface area contributed by atoms with Crippen LogP contribution in [0.4, 0.5) is 0 Å². The third-order valence-corrected chi connectivity index (χ3v) is 4.47. The fraction of sp³-hybridized carbons (Fsp3) is 0.929.